The predicted octanol–water partition coefficient (Wildman–Crippen LogP) is -0.0300. The lowest BCUT2D eigenvalue weighted by Gasteiger charge is -2.25. The third-order valence-electron chi connectivity index (χ3n) is 3.08. The molecular weight excluding hydrogens is 218 g/mol. The Morgan fingerprint density at radius 3 is 2.71 bits per heavy atom. The van der Waals surface area contributed by atoms with E-state index >= 15 is 0 Å². The molecule has 4 nitrogen and oxygen atoms in total. The Kier molecular flexibility index (Phi) is 3.42. The predicted molar refractivity (Wildman–Crippen MR) is 59.9 cm³/mol. The molecule has 1 atom stereocenters. The smallest absolute Gasteiger partial charge is 0.223 e. The highest BCUT2D eigenvalue weighted by molar-refractivity contribution is 5.86. The van der Waals surface area contributed by atoms with Crippen LogP contribution < -0.4 is 5.11 Å². The molecule has 1 unspecified atom stereocenters. The summed E-state index contributed by atoms with van der Waals surface area (Å²) >= 11 is 0. The Balaban J connectivity index is 1.98. The van der Waals surface area contributed by atoms with Crippen molar-refractivity contribution in [2.24, 2.45) is 0 Å². The van der Waals surface area contributed by atoms with E-state index in [0.29, 0.717) is 25.8 Å². The lowest BCUT2D eigenvalue weighted by Crippen LogP contribution is -2.46. The van der Waals surface area contributed by atoms with Gasteiger partial charge in [0, 0.05) is 13.0 Å². The molecule has 1 saturated heterocycles. The molecule has 0 aliphatic carbocycles. The minimum atomic E-state index is -1.15. The number of carbonyl (C=O) groups is 2. The lowest BCUT2D eigenvalue weighted by molar-refractivity contribution is -0.310. The molecule has 0 bridgehead atoms. The summed E-state index contributed by atoms with van der Waals surface area (Å²) in [7, 11) is 0. The van der Waals surface area contributed by atoms with Crippen molar-refractivity contribution in [1.82, 2.24) is 4.90 Å². The third-order valence-corrected chi connectivity index (χ3v) is 3.08. The number of hydrogen-bond donors (Lipinski definition) is 0. The number of carbonyl (C=O) groups excluding carboxylic acids is 2. The number of hydrogen-bond acceptors (Lipinski definition) is 3. The monoisotopic (exact) mass is 232 g/mol. The van der Waals surface area contributed by atoms with Gasteiger partial charge in [0.25, 0.3) is 0 Å². The summed E-state index contributed by atoms with van der Waals surface area (Å²) in [6.45, 7) is 0.446. The lowest BCUT2D eigenvalue weighted by atomic mass is 10.1. The second-order valence-electron chi connectivity index (χ2n) is 4.20. The fourth-order valence-electron chi connectivity index (χ4n) is 2.15. The Morgan fingerprint density at radius 2 is 2.06 bits per heavy atom. The second-order valence-corrected chi connectivity index (χ2v) is 4.20. The first kappa shape index (κ1) is 11.6. The molecule has 1 aliphatic rings. The molecule has 4 heteroatoms. The number of benzene rings is 1. The summed E-state index contributed by atoms with van der Waals surface area (Å²) in [6, 6.07) is 8.97. The highest BCUT2D eigenvalue weighted by Crippen LogP contribution is 2.18. The molecule has 90 valence electrons. The number of carboxylic acid groups (broad SMARTS) is 1. The van der Waals surface area contributed by atoms with Crippen LogP contribution in [0.4, 0.5) is 0 Å². The number of likely N-dealkylation sites (tertiary alicyclic amines) is 1. The zero-order chi connectivity index (χ0) is 12.3. The summed E-state index contributed by atoms with van der Waals surface area (Å²) in [5, 5.41) is 10.9. The molecule has 1 heterocycles. The maximum absolute atomic E-state index is 11.5. The van der Waals surface area contributed by atoms with E-state index in [1.807, 2.05) is 30.3 Å². The van der Waals surface area contributed by atoms with Crippen molar-refractivity contribution >= 4 is 11.9 Å². The molecule has 1 aromatic carbocycles. The van der Waals surface area contributed by atoms with Crippen molar-refractivity contribution in [3.63, 3.8) is 0 Å². The van der Waals surface area contributed by atoms with Gasteiger partial charge in [-0.3, -0.25) is 4.79 Å². The van der Waals surface area contributed by atoms with Gasteiger partial charge in [0.1, 0.15) is 0 Å². The van der Waals surface area contributed by atoms with Gasteiger partial charge in [-0.1, -0.05) is 30.3 Å². The van der Waals surface area contributed by atoms with Crippen LogP contribution in [0.15, 0.2) is 30.3 Å². The van der Waals surface area contributed by atoms with Crippen LogP contribution in [-0.2, 0) is 16.0 Å². The van der Waals surface area contributed by atoms with E-state index in [4.69, 9.17) is 0 Å². The third kappa shape index (κ3) is 2.64. The van der Waals surface area contributed by atoms with E-state index in [1.54, 1.807) is 0 Å². The molecule has 0 N–H and O–H groups in total. The molecule has 1 aromatic rings. The van der Waals surface area contributed by atoms with Gasteiger partial charge in [-0.05, 0) is 18.4 Å². The first-order valence-electron chi connectivity index (χ1n) is 5.73. The summed E-state index contributed by atoms with van der Waals surface area (Å²) in [5.41, 5.74) is 1.10. The molecule has 0 aromatic heterocycles. The average Bonchev–Trinajstić information content (AvgIpc) is 2.69. The normalized spacial score (nSPS) is 19.6. The highest BCUT2D eigenvalue weighted by Gasteiger charge is 2.31. The van der Waals surface area contributed by atoms with Gasteiger partial charge in [0.2, 0.25) is 5.91 Å². The van der Waals surface area contributed by atoms with Crippen LogP contribution in [0.3, 0.4) is 0 Å². The van der Waals surface area contributed by atoms with Crippen molar-refractivity contribution < 1.29 is 14.7 Å². The Labute approximate surface area is 99.9 Å². The highest BCUT2D eigenvalue weighted by atomic mass is 16.4. The molecule has 0 radical (unpaired) electrons. The van der Waals surface area contributed by atoms with Crippen molar-refractivity contribution in [3.8, 4) is 0 Å². The maximum atomic E-state index is 11.5. The van der Waals surface area contributed by atoms with Gasteiger partial charge in [-0.15, -0.1) is 0 Å². The van der Waals surface area contributed by atoms with E-state index < -0.39 is 12.0 Å². The number of amides is 1. The molecule has 0 saturated carbocycles. The first-order chi connectivity index (χ1) is 8.18. The van der Waals surface area contributed by atoms with Crippen molar-refractivity contribution in [2.75, 3.05) is 6.54 Å². The fourth-order valence-corrected chi connectivity index (χ4v) is 2.15. The number of rotatable bonds is 4. The summed E-state index contributed by atoms with van der Waals surface area (Å²) in [6.07, 6.45) is 1.36. The minimum Gasteiger partial charge on any atom is -0.548 e. The van der Waals surface area contributed by atoms with Crippen molar-refractivity contribution in [1.29, 1.82) is 0 Å². The van der Waals surface area contributed by atoms with E-state index in [1.165, 1.54) is 4.90 Å². The quantitative estimate of drug-likeness (QED) is 0.732. The summed E-state index contributed by atoms with van der Waals surface area (Å²) in [4.78, 5) is 23.8. The van der Waals surface area contributed by atoms with Crippen molar-refractivity contribution in [3.05, 3.63) is 35.9 Å². The van der Waals surface area contributed by atoms with Gasteiger partial charge in [-0.25, -0.2) is 0 Å². The largest absolute Gasteiger partial charge is 0.548 e. The number of aliphatic carboxylic acids is 1. The molecule has 17 heavy (non-hydrogen) atoms. The van der Waals surface area contributed by atoms with Crippen LogP contribution in [0.2, 0.25) is 0 Å². The topological polar surface area (TPSA) is 60.4 Å². The zero-order valence-electron chi connectivity index (χ0n) is 9.46. The van der Waals surface area contributed by atoms with Crippen LogP contribution in [-0.4, -0.2) is 29.4 Å². The minimum absolute atomic E-state index is 0.0878. The van der Waals surface area contributed by atoms with Crippen LogP contribution in [0.5, 0.6) is 0 Å². The average molecular weight is 232 g/mol. The first-order valence-corrected chi connectivity index (χ1v) is 5.73. The molecule has 1 fully saturated rings. The van der Waals surface area contributed by atoms with E-state index in [9.17, 15) is 14.7 Å². The second kappa shape index (κ2) is 4.99. The van der Waals surface area contributed by atoms with Crippen LogP contribution in [0.1, 0.15) is 18.4 Å². The van der Waals surface area contributed by atoms with Gasteiger partial charge >= 0.3 is 0 Å². The van der Waals surface area contributed by atoms with Crippen LogP contribution >= 0.6 is 0 Å². The van der Waals surface area contributed by atoms with Gasteiger partial charge in [0.15, 0.2) is 0 Å². The zero-order valence-corrected chi connectivity index (χ0v) is 9.46. The Morgan fingerprint density at radius 1 is 1.35 bits per heavy atom. The van der Waals surface area contributed by atoms with Gasteiger partial charge < -0.3 is 14.8 Å². The van der Waals surface area contributed by atoms with Crippen molar-refractivity contribution in [2.45, 2.75) is 25.3 Å². The molecule has 0 spiro atoms. The maximum Gasteiger partial charge on any atom is 0.223 e. The van der Waals surface area contributed by atoms with E-state index in [2.05, 4.69) is 0 Å². The fraction of sp³-hybridized carbons (Fsp3) is 0.385. The molecule has 2 rings (SSSR count). The van der Waals surface area contributed by atoms with E-state index in [-0.39, 0.29) is 5.91 Å². The summed E-state index contributed by atoms with van der Waals surface area (Å²) in [5.74, 6) is -1.24. The summed E-state index contributed by atoms with van der Waals surface area (Å²) < 4.78 is 0. The van der Waals surface area contributed by atoms with E-state index in [0.717, 1.165) is 5.56 Å². The van der Waals surface area contributed by atoms with Gasteiger partial charge in [0.05, 0.1) is 12.0 Å². The van der Waals surface area contributed by atoms with Crippen LogP contribution in [0.25, 0.3) is 0 Å². The Bertz CT molecular complexity index is 416. The standard InChI is InChI=1S/C13H15NO3/c15-12-7-6-11(13(16)17)14(12)9-8-10-4-2-1-3-5-10/h1-5,11H,6-9H2,(H,16,17)/p-1. The number of nitrogens with zero attached hydrogens (tertiary/aromatic N) is 1. The SMILES string of the molecule is O=C([O-])C1CCC(=O)N1CCc1ccccc1. The van der Waals surface area contributed by atoms with Crippen LogP contribution in [0, 0.1) is 0 Å². The molecule has 1 aliphatic heterocycles. The molecule has 1 amide bonds. The molecular formula is C13H14NO3-. The number of carboxylic acids is 1. The van der Waals surface area contributed by atoms with Gasteiger partial charge in [-0.2, -0.15) is 0 Å². The Hall–Kier alpha value is -1.84.